The van der Waals surface area contributed by atoms with Crippen LogP contribution in [-0.4, -0.2) is 36.7 Å². The zero-order chi connectivity index (χ0) is 23.7. The van der Waals surface area contributed by atoms with Crippen LogP contribution in [0.15, 0.2) is 77.7 Å². The highest BCUT2D eigenvalue weighted by molar-refractivity contribution is 7.89. The molecule has 174 valence electrons. The van der Waals surface area contributed by atoms with Gasteiger partial charge in [-0.2, -0.15) is 4.31 Å². The monoisotopic (exact) mass is 491 g/mol. The van der Waals surface area contributed by atoms with E-state index in [2.05, 4.69) is 23.3 Å². The van der Waals surface area contributed by atoms with Crippen LogP contribution in [0, 0.1) is 5.92 Å². The lowest BCUT2D eigenvalue weighted by Crippen LogP contribution is -2.39. The van der Waals surface area contributed by atoms with Crippen molar-refractivity contribution >= 4 is 43.2 Å². The summed E-state index contributed by atoms with van der Waals surface area (Å²) in [6, 6.07) is 21.7. The molecule has 4 aromatic rings. The quantitative estimate of drug-likeness (QED) is 0.392. The molecule has 1 fully saturated rings. The largest absolute Gasteiger partial charge is 0.322 e. The molecule has 2 heterocycles. The number of nitrogens with zero attached hydrogens (tertiary/aromatic N) is 2. The fourth-order valence-electron chi connectivity index (χ4n) is 4.19. The molecule has 0 unspecified atom stereocenters. The van der Waals surface area contributed by atoms with Gasteiger partial charge in [-0.1, -0.05) is 19.1 Å². The van der Waals surface area contributed by atoms with Crippen molar-refractivity contribution in [2.45, 2.75) is 24.7 Å². The molecule has 1 N–H and O–H groups in total. The predicted octanol–water partition coefficient (Wildman–Crippen LogP) is 5.64. The summed E-state index contributed by atoms with van der Waals surface area (Å²) < 4.78 is 28.5. The molecule has 0 bridgehead atoms. The van der Waals surface area contributed by atoms with Crippen molar-refractivity contribution in [3.8, 4) is 10.6 Å². The number of aromatic nitrogens is 1. The second-order valence-corrected chi connectivity index (χ2v) is 11.6. The number of hydrogen-bond acceptors (Lipinski definition) is 5. The van der Waals surface area contributed by atoms with Gasteiger partial charge in [-0.15, -0.1) is 11.3 Å². The maximum Gasteiger partial charge on any atom is 0.255 e. The maximum absolute atomic E-state index is 12.9. The smallest absolute Gasteiger partial charge is 0.255 e. The van der Waals surface area contributed by atoms with Crippen molar-refractivity contribution in [2.75, 3.05) is 18.4 Å². The van der Waals surface area contributed by atoms with Gasteiger partial charge in [0.15, 0.2) is 0 Å². The highest BCUT2D eigenvalue weighted by Gasteiger charge is 2.28. The minimum Gasteiger partial charge on any atom is -0.322 e. The fraction of sp³-hybridized carbons (Fsp3) is 0.231. The van der Waals surface area contributed by atoms with Crippen LogP contribution in [-0.2, 0) is 10.0 Å². The SMILES string of the molecule is C[C@H]1CCCN(S(=O)(=O)c2ccc(C(=O)Nc3ccc(-c4nc5ccccc5s4)cc3)cc2)C1. The number of nitrogens with one attached hydrogen (secondary N) is 1. The first-order valence-corrected chi connectivity index (χ1v) is 13.5. The number of thiazole rings is 1. The van der Waals surface area contributed by atoms with E-state index in [0.29, 0.717) is 30.3 Å². The van der Waals surface area contributed by atoms with Crippen molar-refractivity contribution < 1.29 is 13.2 Å². The topological polar surface area (TPSA) is 79.4 Å². The minimum atomic E-state index is -3.54. The van der Waals surface area contributed by atoms with Crippen molar-refractivity contribution in [1.29, 1.82) is 0 Å². The normalized spacial score (nSPS) is 17.0. The van der Waals surface area contributed by atoms with Gasteiger partial charge in [0.1, 0.15) is 5.01 Å². The number of sulfonamides is 1. The Hall–Kier alpha value is -3.07. The minimum absolute atomic E-state index is 0.221. The van der Waals surface area contributed by atoms with Crippen LogP contribution in [0.3, 0.4) is 0 Å². The third-order valence-corrected chi connectivity index (χ3v) is 9.02. The molecule has 0 saturated carbocycles. The average Bonchev–Trinajstić information content (AvgIpc) is 3.29. The molecule has 1 aliphatic heterocycles. The van der Waals surface area contributed by atoms with Crippen molar-refractivity contribution in [2.24, 2.45) is 5.92 Å². The summed E-state index contributed by atoms with van der Waals surface area (Å²) in [5.74, 6) is 0.0675. The number of carbonyl (C=O) groups is 1. The molecular formula is C26H25N3O3S2. The molecule has 1 amide bonds. The third kappa shape index (κ3) is 4.61. The lowest BCUT2D eigenvalue weighted by atomic mass is 10.0. The average molecular weight is 492 g/mol. The molecule has 1 atom stereocenters. The number of benzene rings is 3. The van der Waals surface area contributed by atoms with Gasteiger partial charge in [-0.3, -0.25) is 4.79 Å². The van der Waals surface area contributed by atoms with E-state index in [1.165, 1.54) is 12.1 Å². The van der Waals surface area contributed by atoms with Crippen molar-refractivity contribution in [1.82, 2.24) is 9.29 Å². The molecule has 3 aromatic carbocycles. The first-order valence-electron chi connectivity index (χ1n) is 11.3. The zero-order valence-electron chi connectivity index (χ0n) is 18.8. The van der Waals surface area contributed by atoms with Crippen LogP contribution in [0.4, 0.5) is 5.69 Å². The van der Waals surface area contributed by atoms with Gasteiger partial charge in [0.25, 0.3) is 5.91 Å². The number of rotatable bonds is 5. The van der Waals surface area contributed by atoms with Crippen LogP contribution < -0.4 is 5.32 Å². The van der Waals surface area contributed by atoms with E-state index in [4.69, 9.17) is 0 Å². The summed E-state index contributed by atoms with van der Waals surface area (Å²) in [6.07, 6.45) is 1.92. The second kappa shape index (κ2) is 9.29. The molecule has 1 saturated heterocycles. The second-order valence-electron chi connectivity index (χ2n) is 8.65. The Balaban J connectivity index is 1.27. The van der Waals surface area contributed by atoms with E-state index in [1.54, 1.807) is 27.8 Å². The van der Waals surface area contributed by atoms with Gasteiger partial charge < -0.3 is 5.32 Å². The Labute approximate surface area is 203 Å². The molecular weight excluding hydrogens is 466 g/mol. The summed E-state index contributed by atoms with van der Waals surface area (Å²) in [5, 5.41) is 3.80. The Morgan fingerprint density at radius 1 is 1.03 bits per heavy atom. The molecule has 1 aromatic heterocycles. The van der Waals surface area contributed by atoms with Gasteiger partial charge in [-0.25, -0.2) is 13.4 Å². The third-order valence-electron chi connectivity index (χ3n) is 6.06. The molecule has 5 rings (SSSR count). The van der Waals surface area contributed by atoms with E-state index in [9.17, 15) is 13.2 Å². The van der Waals surface area contributed by atoms with E-state index in [0.717, 1.165) is 33.6 Å². The first kappa shape index (κ1) is 22.7. The van der Waals surface area contributed by atoms with Crippen LogP contribution >= 0.6 is 11.3 Å². The number of para-hydroxylation sites is 1. The van der Waals surface area contributed by atoms with Gasteiger partial charge in [-0.05, 0) is 79.4 Å². The van der Waals surface area contributed by atoms with Crippen LogP contribution in [0.5, 0.6) is 0 Å². The van der Waals surface area contributed by atoms with Gasteiger partial charge in [0, 0.05) is 29.9 Å². The van der Waals surface area contributed by atoms with Gasteiger partial charge in [0.2, 0.25) is 10.0 Å². The van der Waals surface area contributed by atoms with Crippen molar-refractivity contribution in [3.05, 3.63) is 78.4 Å². The van der Waals surface area contributed by atoms with E-state index < -0.39 is 10.0 Å². The van der Waals surface area contributed by atoms with E-state index in [1.807, 2.05) is 42.5 Å². The molecule has 0 spiro atoms. The molecule has 1 aliphatic rings. The Bertz CT molecular complexity index is 1400. The molecule has 8 heteroatoms. The highest BCUT2D eigenvalue weighted by Crippen LogP contribution is 2.30. The lowest BCUT2D eigenvalue weighted by molar-refractivity contribution is 0.102. The Kier molecular flexibility index (Phi) is 6.20. The standard InChI is InChI=1S/C26H25N3O3S2/c1-18-5-4-16-29(17-18)34(31,32)22-14-10-19(11-15-22)25(30)27-21-12-8-20(9-13-21)26-28-23-6-2-3-7-24(23)33-26/h2-3,6-15,18H,4-5,16-17H2,1H3,(H,27,30)/t18-/m0/s1. The summed E-state index contributed by atoms with van der Waals surface area (Å²) in [7, 11) is -3.54. The number of carbonyl (C=O) groups excluding carboxylic acids is 1. The van der Waals surface area contributed by atoms with Gasteiger partial charge >= 0.3 is 0 Å². The lowest BCUT2D eigenvalue weighted by Gasteiger charge is -2.30. The summed E-state index contributed by atoms with van der Waals surface area (Å²) in [6.45, 7) is 3.15. The predicted molar refractivity (Wildman–Crippen MR) is 137 cm³/mol. The van der Waals surface area contributed by atoms with Crippen LogP contribution in [0.25, 0.3) is 20.8 Å². The number of hydrogen-bond donors (Lipinski definition) is 1. The van der Waals surface area contributed by atoms with Crippen LogP contribution in [0.2, 0.25) is 0 Å². The van der Waals surface area contributed by atoms with E-state index >= 15 is 0 Å². The first-order chi connectivity index (χ1) is 16.4. The molecule has 0 radical (unpaired) electrons. The van der Waals surface area contributed by atoms with E-state index in [-0.39, 0.29) is 10.8 Å². The highest BCUT2D eigenvalue weighted by atomic mass is 32.2. The number of amides is 1. The number of fused-ring (bicyclic) bond motifs is 1. The zero-order valence-corrected chi connectivity index (χ0v) is 20.4. The summed E-state index contributed by atoms with van der Waals surface area (Å²) in [5.41, 5.74) is 3.02. The summed E-state index contributed by atoms with van der Waals surface area (Å²) >= 11 is 1.63. The molecule has 6 nitrogen and oxygen atoms in total. The van der Waals surface area contributed by atoms with Crippen LogP contribution in [0.1, 0.15) is 30.1 Å². The number of anilines is 1. The van der Waals surface area contributed by atoms with Gasteiger partial charge in [0.05, 0.1) is 15.1 Å². The Morgan fingerprint density at radius 3 is 2.47 bits per heavy atom. The molecule has 0 aliphatic carbocycles. The summed E-state index contributed by atoms with van der Waals surface area (Å²) in [4.78, 5) is 17.6. The fourth-order valence-corrected chi connectivity index (χ4v) is 6.76. The molecule has 34 heavy (non-hydrogen) atoms. The maximum atomic E-state index is 12.9. The Morgan fingerprint density at radius 2 is 1.76 bits per heavy atom. The number of piperidine rings is 1. The van der Waals surface area contributed by atoms with Crippen molar-refractivity contribution in [3.63, 3.8) is 0 Å².